The van der Waals surface area contributed by atoms with Crippen molar-refractivity contribution in [1.82, 2.24) is 38.9 Å². The minimum Gasteiger partial charge on any atom is -0.368 e. The molecule has 1 amide bonds. The van der Waals surface area contributed by atoms with Crippen molar-refractivity contribution in [2.24, 2.45) is 5.92 Å². The first-order valence-electron chi connectivity index (χ1n) is 13.2. The molecule has 0 aliphatic carbocycles. The van der Waals surface area contributed by atoms with Gasteiger partial charge in [0.15, 0.2) is 5.82 Å². The second-order valence-corrected chi connectivity index (χ2v) is 10.2. The van der Waals surface area contributed by atoms with Crippen LogP contribution in [0.4, 0.5) is 10.3 Å². The number of imidazole rings is 1. The zero-order valence-corrected chi connectivity index (χ0v) is 21.5. The molecule has 39 heavy (non-hydrogen) atoms. The molecular weight excluding hydrogens is 501 g/mol. The number of benzene rings is 1. The second-order valence-electron chi connectivity index (χ2n) is 10.2. The minimum atomic E-state index is -0.425. The van der Waals surface area contributed by atoms with Crippen LogP contribution in [0.2, 0.25) is 0 Å². The number of anilines is 1. The number of likely N-dealkylation sites (tertiary alicyclic amines) is 2. The molecule has 0 bridgehead atoms. The molecule has 0 atom stereocenters. The highest BCUT2D eigenvalue weighted by Gasteiger charge is 2.32. The Bertz CT molecular complexity index is 1520. The normalized spacial score (nSPS) is 17.6. The maximum Gasteiger partial charge on any atom is 0.335 e. The van der Waals surface area contributed by atoms with E-state index in [-0.39, 0.29) is 29.5 Å². The van der Waals surface area contributed by atoms with E-state index < -0.39 is 5.82 Å². The highest BCUT2D eigenvalue weighted by atomic mass is 19.1. The predicted octanol–water partition coefficient (Wildman–Crippen LogP) is 2.17. The molecule has 5 heterocycles. The van der Waals surface area contributed by atoms with Crippen LogP contribution in [0.1, 0.15) is 37.3 Å². The number of nitrogens with zero attached hydrogens (tertiary/aromatic N) is 8. The SMILES string of the molecule is Nc1ncc(CN2CCC(C(=O)N3CCC(n4c(=O)n(-c5cnccn5)c5cc(F)ccc54)CC3)CC2)cn1. The molecule has 202 valence electrons. The predicted molar refractivity (Wildman–Crippen MR) is 142 cm³/mol. The molecule has 2 aliphatic heterocycles. The summed E-state index contributed by atoms with van der Waals surface area (Å²) in [5.74, 6) is 0.386. The average molecular weight is 532 g/mol. The molecule has 4 aromatic rings. The number of aromatic nitrogens is 6. The molecule has 2 N–H and O–H groups in total. The molecule has 2 saturated heterocycles. The highest BCUT2D eigenvalue weighted by molar-refractivity contribution is 5.79. The number of piperidine rings is 2. The topological polar surface area (TPSA) is 128 Å². The standard InChI is InChI=1S/C27H30FN9O2/c28-20-1-2-22-23(13-20)37(24-16-30-7-8-31-24)27(39)36(22)21-5-11-35(12-6-21)25(38)19-3-9-34(10-4-19)17-18-14-32-26(29)33-15-18/h1-2,7-8,13-16,19,21H,3-6,9-12,17H2,(H2,29,32,33). The Morgan fingerprint density at radius 3 is 2.38 bits per heavy atom. The molecule has 3 aromatic heterocycles. The van der Waals surface area contributed by atoms with Gasteiger partial charge in [-0.15, -0.1) is 0 Å². The molecule has 0 saturated carbocycles. The van der Waals surface area contributed by atoms with Gasteiger partial charge >= 0.3 is 5.69 Å². The molecule has 12 heteroatoms. The quantitative estimate of drug-likeness (QED) is 0.415. The van der Waals surface area contributed by atoms with Crippen LogP contribution in [-0.2, 0) is 11.3 Å². The van der Waals surface area contributed by atoms with Gasteiger partial charge in [0.05, 0.1) is 17.2 Å². The summed E-state index contributed by atoms with van der Waals surface area (Å²) in [5, 5.41) is 0. The van der Waals surface area contributed by atoms with Gasteiger partial charge in [0.2, 0.25) is 11.9 Å². The molecule has 0 radical (unpaired) electrons. The fraction of sp³-hybridized carbons (Fsp3) is 0.407. The number of nitrogen functional groups attached to an aromatic ring is 1. The number of fused-ring (bicyclic) bond motifs is 1. The Balaban J connectivity index is 1.11. The maximum absolute atomic E-state index is 14.2. The molecule has 11 nitrogen and oxygen atoms in total. The number of amides is 1. The Morgan fingerprint density at radius 2 is 1.69 bits per heavy atom. The Labute approximate surface area is 224 Å². The Kier molecular flexibility index (Phi) is 6.77. The van der Waals surface area contributed by atoms with Crippen molar-refractivity contribution in [3.05, 3.63) is 71.0 Å². The first-order chi connectivity index (χ1) is 19.0. The van der Waals surface area contributed by atoms with Gasteiger partial charge in [-0.25, -0.2) is 28.7 Å². The van der Waals surface area contributed by atoms with E-state index in [9.17, 15) is 14.0 Å². The third-order valence-corrected chi connectivity index (χ3v) is 7.82. The summed E-state index contributed by atoms with van der Waals surface area (Å²) < 4.78 is 17.3. The van der Waals surface area contributed by atoms with Crippen molar-refractivity contribution in [2.75, 3.05) is 31.9 Å². The van der Waals surface area contributed by atoms with Gasteiger partial charge in [0.25, 0.3) is 0 Å². The lowest BCUT2D eigenvalue weighted by Crippen LogP contribution is -2.46. The Hall–Kier alpha value is -4.19. The maximum atomic E-state index is 14.2. The summed E-state index contributed by atoms with van der Waals surface area (Å²) in [6.07, 6.45) is 10.9. The van der Waals surface area contributed by atoms with Crippen molar-refractivity contribution in [3.63, 3.8) is 0 Å². The van der Waals surface area contributed by atoms with E-state index in [4.69, 9.17) is 5.73 Å². The van der Waals surface area contributed by atoms with E-state index in [1.165, 1.54) is 35.3 Å². The molecule has 0 unspecified atom stereocenters. The van der Waals surface area contributed by atoms with Crippen LogP contribution in [0.3, 0.4) is 0 Å². The average Bonchev–Trinajstić information content (AvgIpc) is 3.25. The van der Waals surface area contributed by atoms with Crippen LogP contribution in [0, 0.1) is 11.7 Å². The van der Waals surface area contributed by atoms with Crippen molar-refractivity contribution in [1.29, 1.82) is 0 Å². The van der Waals surface area contributed by atoms with E-state index in [0.717, 1.165) is 38.0 Å². The van der Waals surface area contributed by atoms with Crippen LogP contribution in [0.5, 0.6) is 0 Å². The number of rotatable bonds is 5. The van der Waals surface area contributed by atoms with Crippen molar-refractivity contribution >= 4 is 22.9 Å². The lowest BCUT2D eigenvalue weighted by atomic mass is 9.93. The van der Waals surface area contributed by atoms with Crippen molar-refractivity contribution in [3.8, 4) is 5.82 Å². The van der Waals surface area contributed by atoms with Gasteiger partial charge in [-0.3, -0.25) is 19.2 Å². The van der Waals surface area contributed by atoms with E-state index >= 15 is 0 Å². The molecule has 2 aliphatic rings. The van der Waals surface area contributed by atoms with Gasteiger partial charge in [-0.05, 0) is 50.9 Å². The summed E-state index contributed by atoms with van der Waals surface area (Å²) in [5.41, 5.74) is 7.41. The summed E-state index contributed by atoms with van der Waals surface area (Å²) >= 11 is 0. The zero-order valence-electron chi connectivity index (χ0n) is 21.5. The fourth-order valence-corrected chi connectivity index (χ4v) is 5.82. The third-order valence-electron chi connectivity index (χ3n) is 7.82. The largest absolute Gasteiger partial charge is 0.368 e. The summed E-state index contributed by atoms with van der Waals surface area (Å²) in [4.78, 5) is 47.6. The first kappa shape index (κ1) is 25.1. The first-order valence-corrected chi connectivity index (χ1v) is 13.2. The number of carbonyl (C=O) groups is 1. The van der Waals surface area contributed by atoms with E-state index in [1.54, 1.807) is 23.0 Å². The monoisotopic (exact) mass is 531 g/mol. The molecule has 6 rings (SSSR count). The van der Waals surface area contributed by atoms with Gasteiger partial charge in [0, 0.05) is 68.0 Å². The highest BCUT2D eigenvalue weighted by Crippen LogP contribution is 2.29. The molecular formula is C27H30FN9O2. The van der Waals surface area contributed by atoms with Crippen LogP contribution >= 0.6 is 0 Å². The van der Waals surface area contributed by atoms with Gasteiger partial charge in [-0.2, -0.15) is 0 Å². The van der Waals surface area contributed by atoms with E-state index in [2.05, 4.69) is 24.8 Å². The van der Waals surface area contributed by atoms with Crippen molar-refractivity contribution in [2.45, 2.75) is 38.3 Å². The number of halogens is 1. The van der Waals surface area contributed by atoms with Crippen LogP contribution < -0.4 is 11.4 Å². The summed E-state index contributed by atoms with van der Waals surface area (Å²) in [6.45, 7) is 3.58. The number of carbonyl (C=O) groups excluding carboxylic acids is 1. The third kappa shape index (κ3) is 4.99. The van der Waals surface area contributed by atoms with Crippen LogP contribution in [-0.4, -0.2) is 71.0 Å². The fourth-order valence-electron chi connectivity index (χ4n) is 5.82. The smallest absolute Gasteiger partial charge is 0.335 e. The lowest BCUT2D eigenvalue weighted by molar-refractivity contribution is -0.138. The zero-order chi connectivity index (χ0) is 26.9. The second kappa shape index (κ2) is 10.5. The van der Waals surface area contributed by atoms with E-state index in [1.807, 2.05) is 4.90 Å². The van der Waals surface area contributed by atoms with Crippen LogP contribution in [0.15, 0.2) is 54.0 Å². The minimum absolute atomic E-state index is 0.00438. The molecule has 0 spiro atoms. The van der Waals surface area contributed by atoms with Crippen LogP contribution in [0.25, 0.3) is 16.9 Å². The molecule has 2 fully saturated rings. The number of hydrogen-bond donors (Lipinski definition) is 1. The van der Waals surface area contributed by atoms with Gasteiger partial charge < -0.3 is 10.6 Å². The Morgan fingerprint density at radius 1 is 0.949 bits per heavy atom. The number of hydrogen-bond acceptors (Lipinski definition) is 8. The lowest BCUT2D eigenvalue weighted by Gasteiger charge is -2.37. The van der Waals surface area contributed by atoms with Gasteiger partial charge in [0.1, 0.15) is 5.82 Å². The molecule has 1 aromatic carbocycles. The summed E-state index contributed by atoms with van der Waals surface area (Å²) in [6, 6.07) is 4.26. The van der Waals surface area contributed by atoms with E-state index in [0.29, 0.717) is 42.8 Å². The summed E-state index contributed by atoms with van der Waals surface area (Å²) in [7, 11) is 0. The van der Waals surface area contributed by atoms with Crippen molar-refractivity contribution < 1.29 is 9.18 Å². The number of nitrogens with two attached hydrogens (primary N) is 1. The van der Waals surface area contributed by atoms with Gasteiger partial charge in [-0.1, -0.05) is 0 Å².